The van der Waals surface area contributed by atoms with Gasteiger partial charge in [0.15, 0.2) is 0 Å². The fourth-order valence-corrected chi connectivity index (χ4v) is 0.372. The van der Waals surface area contributed by atoms with Gasteiger partial charge in [-0.1, -0.05) is 12.2 Å². The van der Waals surface area contributed by atoms with Crippen LogP contribution in [0.5, 0.6) is 0 Å². The van der Waals surface area contributed by atoms with E-state index in [0.29, 0.717) is 6.42 Å². The summed E-state index contributed by atoms with van der Waals surface area (Å²) in [5, 5.41) is 18.0. The van der Waals surface area contributed by atoms with Gasteiger partial charge in [-0.3, -0.25) is 0 Å². The maximum Gasteiger partial charge on any atom is 0.0465 e. The number of aliphatic hydroxyl groups is 1. The number of carbonyl (C=O) groups excluding carboxylic acids is 1. The first kappa shape index (κ1) is 8.17. The molecule has 0 saturated heterocycles. The minimum atomic E-state index is -1.09. The summed E-state index contributed by atoms with van der Waals surface area (Å²) >= 11 is 0. The molecule has 0 radical (unpaired) electrons. The molecule has 0 aromatic rings. The van der Waals surface area contributed by atoms with E-state index >= 15 is 0 Å². The number of hydrogen-bond acceptors (Lipinski definition) is 3. The lowest BCUT2D eigenvalue weighted by molar-refractivity contribution is -0.304. The van der Waals surface area contributed by atoms with E-state index in [0.717, 1.165) is 0 Å². The maximum atomic E-state index is 9.74. The van der Waals surface area contributed by atoms with Crippen LogP contribution in [0, 0.1) is 0 Å². The number of rotatable bonds is 4. The average Bonchev–Trinajstić information content (AvgIpc) is 1.80. The third-order valence-electron chi connectivity index (χ3n) is 0.747. The van der Waals surface area contributed by atoms with Gasteiger partial charge in [0.2, 0.25) is 0 Å². The van der Waals surface area contributed by atoms with Crippen LogP contribution in [-0.2, 0) is 4.79 Å². The summed E-state index contributed by atoms with van der Waals surface area (Å²) in [5.74, 6) is -1.09. The van der Waals surface area contributed by atoms with Gasteiger partial charge in [-0.05, 0) is 6.42 Å². The predicted octanol–water partition coefficient (Wildman–Crippen LogP) is -0.935. The number of aliphatic hydroxyl groups excluding tert-OH is 1. The fourth-order valence-electron chi connectivity index (χ4n) is 0.372. The van der Waals surface area contributed by atoms with E-state index in [1.165, 1.54) is 6.08 Å². The molecular weight excluding hydrogens is 120 g/mol. The van der Waals surface area contributed by atoms with E-state index in [4.69, 9.17) is 5.11 Å². The highest BCUT2D eigenvalue weighted by molar-refractivity contribution is 5.66. The number of carboxylic acid groups (broad SMARTS) is 1. The van der Waals surface area contributed by atoms with Crippen molar-refractivity contribution in [1.29, 1.82) is 0 Å². The van der Waals surface area contributed by atoms with Crippen molar-refractivity contribution >= 4 is 5.97 Å². The van der Waals surface area contributed by atoms with E-state index in [9.17, 15) is 9.90 Å². The minimum Gasteiger partial charge on any atom is -0.550 e. The molecule has 3 heteroatoms. The van der Waals surface area contributed by atoms with Crippen LogP contribution >= 0.6 is 0 Å². The summed E-state index contributed by atoms with van der Waals surface area (Å²) in [6, 6.07) is 0. The van der Waals surface area contributed by atoms with Crippen LogP contribution in [0.15, 0.2) is 12.2 Å². The summed E-state index contributed by atoms with van der Waals surface area (Å²) in [6.07, 6.45) is 3.51. The Kier molecular flexibility index (Phi) is 4.82. The van der Waals surface area contributed by atoms with Gasteiger partial charge in [0, 0.05) is 19.0 Å². The first-order valence-electron chi connectivity index (χ1n) is 2.73. The number of aliphatic carboxylic acids is 1. The Morgan fingerprint density at radius 3 is 2.67 bits per heavy atom. The van der Waals surface area contributed by atoms with Crippen molar-refractivity contribution in [2.24, 2.45) is 0 Å². The van der Waals surface area contributed by atoms with Crippen molar-refractivity contribution in [2.45, 2.75) is 12.8 Å². The first-order valence-corrected chi connectivity index (χ1v) is 2.73. The lowest BCUT2D eigenvalue weighted by atomic mass is 10.3. The molecule has 0 amide bonds. The molecule has 0 atom stereocenters. The molecule has 0 heterocycles. The minimum absolute atomic E-state index is 0.0591. The second-order valence-electron chi connectivity index (χ2n) is 1.56. The normalized spacial score (nSPS) is 10.3. The van der Waals surface area contributed by atoms with Gasteiger partial charge >= 0.3 is 0 Å². The van der Waals surface area contributed by atoms with E-state index in [1.54, 1.807) is 6.08 Å². The molecule has 9 heavy (non-hydrogen) atoms. The van der Waals surface area contributed by atoms with Gasteiger partial charge in [0.1, 0.15) is 0 Å². The van der Waals surface area contributed by atoms with Crippen LogP contribution in [0.2, 0.25) is 0 Å². The monoisotopic (exact) mass is 129 g/mol. The molecule has 52 valence electrons. The largest absolute Gasteiger partial charge is 0.550 e. The summed E-state index contributed by atoms with van der Waals surface area (Å²) < 4.78 is 0. The summed E-state index contributed by atoms with van der Waals surface area (Å²) in [4.78, 5) is 9.74. The molecule has 0 unspecified atom stereocenters. The highest BCUT2D eigenvalue weighted by Crippen LogP contribution is 1.83. The summed E-state index contributed by atoms with van der Waals surface area (Å²) in [7, 11) is 0. The third-order valence-corrected chi connectivity index (χ3v) is 0.747. The van der Waals surface area contributed by atoms with Crippen LogP contribution in [0.1, 0.15) is 12.8 Å². The van der Waals surface area contributed by atoms with E-state index < -0.39 is 5.97 Å². The zero-order valence-electron chi connectivity index (χ0n) is 5.04. The summed E-state index contributed by atoms with van der Waals surface area (Å²) in [6.45, 7) is 0.0591. The average molecular weight is 129 g/mol. The molecule has 0 aliphatic carbocycles. The highest BCUT2D eigenvalue weighted by atomic mass is 16.4. The maximum absolute atomic E-state index is 9.74. The first-order chi connectivity index (χ1) is 4.27. The zero-order chi connectivity index (χ0) is 7.11. The molecular formula is C6H9O3-. The molecule has 0 aromatic carbocycles. The fraction of sp³-hybridized carbons (Fsp3) is 0.500. The number of carbonyl (C=O) groups is 1. The summed E-state index contributed by atoms with van der Waals surface area (Å²) in [5.41, 5.74) is 0. The second-order valence-corrected chi connectivity index (χ2v) is 1.56. The Bertz CT molecular complexity index is 107. The Balaban J connectivity index is 3.14. The molecule has 0 bridgehead atoms. The van der Waals surface area contributed by atoms with Crippen molar-refractivity contribution < 1.29 is 15.0 Å². The van der Waals surface area contributed by atoms with Gasteiger partial charge in [0.05, 0.1) is 0 Å². The van der Waals surface area contributed by atoms with Crippen molar-refractivity contribution in [3.8, 4) is 0 Å². The Morgan fingerprint density at radius 2 is 2.22 bits per heavy atom. The van der Waals surface area contributed by atoms with Crippen molar-refractivity contribution in [3.05, 3.63) is 12.2 Å². The Labute approximate surface area is 53.6 Å². The Morgan fingerprint density at radius 1 is 1.56 bits per heavy atom. The van der Waals surface area contributed by atoms with E-state index in [1.807, 2.05) is 0 Å². The van der Waals surface area contributed by atoms with E-state index in [2.05, 4.69) is 0 Å². The number of carboxylic acids is 1. The third kappa shape index (κ3) is 7.17. The lowest BCUT2D eigenvalue weighted by Crippen LogP contribution is -2.20. The van der Waals surface area contributed by atoms with Crippen LogP contribution in [-0.4, -0.2) is 17.7 Å². The van der Waals surface area contributed by atoms with Crippen LogP contribution in [0.25, 0.3) is 0 Å². The molecule has 1 N–H and O–H groups in total. The smallest absolute Gasteiger partial charge is 0.0465 e. The Hall–Kier alpha value is -0.830. The number of hydrogen-bond donors (Lipinski definition) is 1. The van der Waals surface area contributed by atoms with Gasteiger partial charge in [0.25, 0.3) is 0 Å². The van der Waals surface area contributed by atoms with Crippen LogP contribution in [0.3, 0.4) is 0 Å². The molecule has 0 rings (SSSR count). The predicted molar refractivity (Wildman–Crippen MR) is 30.5 cm³/mol. The van der Waals surface area contributed by atoms with Gasteiger partial charge in [-0.25, -0.2) is 0 Å². The highest BCUT2D eigenvalue weighted by Gasteiger charge is 1.76. The molecule has 0 aliphatic rings. The second kappa shape index (κ2) is 5.31. The van der Waals surface area contributed by atoms with E-state index in [-0.39, 0.29) is 13.0 Å². The lowest BCUT2D eigenvalue weighted by Gasteiger charge is -1.92. The van der Waals surface area contributed by atoms with Crippen LogP contribution < -0.4 is 5.11 Å². The topological polar surface area (TPSA) is 60.4 Å². The van der Waals surface area contributed by atoms with Crippen molar-refractivity contribution in [3.63, 3.8) is 0 Å². The molecule has 0 saturated carbocycles. The van der Waals surface area contributed by atoms with Crippen molar-refractivity contribution in [2.75, 3.05) is 6.61 Å². The molecule has 0 fully saturated rings. The zero-order valence-corrected chi connectivity index (χ0v) is 5.04. The molecule has 0 aliphatic heterocycles. The standard InChI is InChI=1S/C6H10O3/c7-5-3-1-2-4-6(8)9/h1-2,7H,3-5H2,(H,8,9)/p-1/b2-1+. The van der Waals surface area contributed by atoms with Gasteiger partial charge in [-0.2, -0.15) is 0 Å². The van der Waals surface area contributed by atoms with Gasteiger partial charge in [-0.15, -0.1) is 0 Å². The van der Waals surface area contributed by atoms with Crippen molar-refractivity contribution in [1.82, 2.24) is 0 Å². The molecule has 0 aromatic heterocycles. The SMILES string of the molecule is O=C([O-])C/C=C/CCO. The molecule has 0 spiro atoms. The van der Waals surface area contributed by atoms with Crippen LogP contribution in [0.4, 0.5) is 0 Å². The molecule has 3 nitrogen and oxygen atoms in total. The van der Waals surface area contributed by atoms with Gasteiger partial charge < -0.3 is 15.0 Å². The quantitative estimate of drug-likeness (QED) is 0.498.